The largest absolute Gasteiger partial charge is 0.358 e. The minimum absolute atomic E-state index is 0.00481. The van der Waals surface area contributed by atoms with Gasteiger partial charge in [0.25, 0.3) is 0 Å². The first-order valence-corrected chi connectivity index (χ1v) is 8.38. The van der Waals surface area contributed by atoms with E-state index in [4.69, 9.17) is 0 Å². The molecule has 1 aromatic carbocycles. The highest BCUT2D eigenvalue weighted by Crippen LogP contribution is 2.28. The van der Waals surface area contributed by atoms with Crippen LogP contribution < -0.4 is 0 Å². The molecule has 0 unspecified atom stereocenters. The number of nitrogens with one attached hydrogen (secondary N) is 1. The third-order valence-electron chi connectivity index (χ3n) is 4.18. The molecule has 3 aromatic rings. The summed E-state index contributed by atoms with van der Waals surface area (Å²) in [7, 11) is 0. The van der Waals surface area contributed by atoms with Crippen molar-refractivity contribution in [3.8, 4) is 0 Å². The lowest BCUT2D eigenvalue weighted by Crippen LogP contribution is -2.34. The van der Waals surface area contributed by atoms with Gasteiger partial charge in [0, 0.05) is 52.6 Å². The van der Waals surface area contributed by atoms with Crippen molar-refractivity contribution >= 4 is 34.2 Å². The third-order valence-corrected chi connectivity index (χ3v) is 5.02. The van der Waals surface area contributed by atoms with Crippen LogP contribution in [0.2, 0.25) is 0 Å². The third kappa shape index (κ3) is 2.68. The number of carbonyl (C=O) groups excluding carboxylic acids is 1. The van der Waals surface area contributed by atoms with Crippen LogP contribution in [-0.2, 0) is 17.8 Å². The molecule has 0 bridgehead atoms. The number of amides is 1. The molecule has 0 fully saturated rings. The standard InChI is InChI=1S/C18H15FN2OS/c19-12-3-5-16-14(10-12)15-11-21(8-7-17(15)20-16)18(22)6-4-13-2-1-9-23-13/h1-6,9-10,20H,7-8,11H2. The van der Waals surface area contributed by atoms with Gasteiger partial charge in [0.05, 0.1) is 0 Å². The second-order valence-electron chi connectivity index (χ2n) is 5.63. The first-order chi connectivity index (χ1) is 11.2. The maximum atomic E-state index is 13.5. The van der Waals surface area contributed by atoms with Gasteiger partial charge in [-0.3, -0.25) is 4.79 Å². The Hall–Kier alpha value is -2.40. The minimum atomic E-state index is -0.250. The fraction of sp³-hybridized carbons (Fsp3) is 0.167. The van der Waals surface area contributed by atoms with Crippen LogP contribution in [0, 0.1) is 5.82 Å². The molecule has 1 aliphatic rings. The van der Waals surface area contributed by atoms with E-state index in [9.17, 15) is 9.18 Å². The van der Waals surface area contributed by atoms with E-state index in [-0.39, 0.29) is 11.7 Å². The maximum Gasteiger partial charge on any atom is 0.246 e. The summed E-state index contributed by atoms with van der Waals surface area (Å²) in [5.74, 6) is -0.254. The predicted molar refractivity (Wildman–Crippen MR) is 90.7 cm³/mol. The van der Waals surface area contributed by atoms with Crippen LogP contribution in [0.25, 0.3) is 17.0 Å². The molecule has 1 amide bonds. The number of nitrogens with zero attached hydrogens (tertiary/aromatic N) is 1. The summed E-state index contributed by atoms with van der Waals surface area (Å²) in [4.78, 5) is 18.6. The van der Waals surface area contributed by atoms with Gasteiger partial charge in [0.15, 0.2) is 0 Å². The number of H-pyrrole nitrogens is 1. The molecule has 5 heteroatoms. The van der Waals surface area contributed by atoms with Crippen molar-refractivity contribution in [2.75, 3.05) is 6.54 Å². The number of hydrogen-bond acceptors (Lipinski definition) is 2. The number of hydrogen-bond donors (Lipinski definition) is 1. The molecule has 3 heterocycles. The highest BCUT2D eigenvalue weighted by Gasteiger charge is 2.23. The normalized spacial score (nSPS) is 14.6. The van der Waals surface area contributed by atoms with E-state index < -0.39 is 0 Å². The maximum absolute atomic E-state index is 13.5. The van der Waals surface area contributed by atoms with E-state index in [0.29, 0.717) is 13.1 Å². The topological polar surface area (TPSA) is 36.1 Å². The Kier molecular flexibility index (Phi) is 3.50. The molecule has 0 radical (unpaired) electrons. The van der Waals surface area contributed by atoms with Crippen LogP contribution in [0.5, 0.6) is 0 Å². The quantitative estimate of drug-likeness (QED) is 0.711. The van der Waals surface area contributed by atoms with Crippen LogP contribution in [0.15, 0.2) is 41.8 Å². The van der Waals surface area contributed by atoms with Crippen LogP contribution in [0.4, 0.5) is 4.39 Å². The zero-order valence-electron chi connectivity index (χ0n) is 12.4. The molecule has 23 heavy (non-hydrogen) atoms. The molecule has 1 aliphatic heterocycles. The minimum Gasteiger partial charge on any atom is -0.358 e. The number of rotatable bonds is 2. The van der Waals surface area contributed by atoms with Crippen molar-refractivity contribution < 1.29 is 9.18 Å². The fourth-order valence-corrected chi connectivity index (χ4v) is 3.64. The molecule has 0 aliphatic carbocycles. The summed E-state index contributed by atoms with van der Waals surface area (Å²) < 4.78 is 13.5. The van der Waals surface area contributed by atoms with E-state index in [0.717, 1.165) is 33.5 Å². The average Bonchev–Trinajstić information content (AvgIpc) is 3.19. The molecular weight excluding hydrogens is 311 g/mol. The van der Waals surface area contributed by atoms with Crippen LogP contribution in [0.3, 0.4) is 0 Å². The Labute approximate surface area is 137 Å². The molecule has 0 saturated heterocycles. The number of carbonyl (C=O) groups is 1. The lowest BCUT2D eigenvalue weighted by Gasteiger charge is -2.26. The smallest absolute Gasteiger partial charge is 0.246 e. The van der Waals surface area contributed by atoms with Crippen molar-refractivity contribution in [2.45, 2.75) is 13.0 Å². The van der Waals surface area contributed by atoms with E-state index in [1.165, 1.54) is 6.07 Å². The van der Waals surface area contributed by atoms with Gasteiger partial charge >= 0.3 is 0 Å². The lowest BCUT2D eigenvalue weighted by molar-refractivity contribution is -0.126. The Morgan fingerprint density at radius 3 is 3.09 bits per heavy atom. The lowest BCUT2D eigenvalue weighted by atomic mass is 10.0. The van der Waals surface area contributed by atoms with Crippen molar-refractivity contribution in [1.29, 1.82) is 0 Å². The molecule has 3 nitrogen and oxygen atoms in total. The molecule has 0 spiro atoms. The summed E-state index contributed by atoms with van der Waals surface area (Å²) in [6, 6.07) is 8.69. The molecular formula is C18H15FN2OS. The van der Waals surface area contributed by atoms with E-state index in [2.05, 4.69) is 4.98 Å². The van der Waals surface area contributed by atoms with Gasteiger partial charge in [-0.05, 0) is 35.7 Å². The van der Waals surface area contributed by atoms with Gasteiger partial charge in [-0.15, -0.1) is 11.3 Å². The van der Waals surface area contributed by atoms with Gasteiger partial charge in [-0.1, -0.05) is 6.07 Å². The van der Waals surface area contributed by atoms with Crippen molar-refractivity contribution in [2.24, 2.45) is 0 Å². The summed E-state index contributed by atoms with van der Waals surface area (Å²) in [6.07, 6.45) is 4.23. The molecule has 0 saturated carbocycles. The highest BCUT2D eigenvalue weighted by molar-refractivity contribution is 7.10. The number of fused-ring (bicyclic) bond motifs is 3. The number of halogens is 1. The van der Waals surface area contributed by atoms with Crippen LogP contribution in [-0.4, -0.2) is 22.3 Å². The zero-order valence-corrected chi connectivity index (χ0v) is 13.2. The molecule has 4 rings (SSSR count). The highest BCUT2D eigenvalue weighted by atomic mass is 32.1. The van der Waals surface area contributed by atoms with Crippen molar-refractivity contribution in [3.63, 3.8) is 0 Å². The number of thiophene rings is 1. The van der Waals surface area contributed by atoms with E-state index in [1.54, 1.807) is 29.5 Å². The van der Waals surface area contributed by atoms with Gasteiger partial charge < -0.3 is 9.88 Å². The van der Waals surface area contributed by atoms with Gasteiger partial charge in [0.1, 0.15) is 5.82 Å². The van der Waals surface area contributed by atoms with Gasteiger partial charge in [-0.25, -0.2) is 4.39 Å². The first kappa shape index (κ1) is 14.2. The summed E-state index contributed by atoms with van der Waals surface area (Å²) in [6.45, 7) is 1.20. The summed E-state index contributed by atoms with van der Waals surface area (Å²) in [5, 5.41) is 2.86. The number of benzene rings is 1. The SMILES string of the molecule is O=C(C=Cc1cccs1)N1CCc2[nH]c3ccc(F)cc3c2C1. The summed E-state index contributed by atoms with van der Waals surface area (Å²) in [5.41, 5.74) is 3.07. The number of aromatic amines is 1. The van der Waals surface area contributed by atoms with Crippen LogP contribution >= 0.6 is 11.3 Å². The van der Waals surface area contributed by atoms with Crippen molar-refractivity contribution in [3.05, 3.63) is 63.7 Å². The molecule has 2 aromatic heterocycles. The Bertz CT molecular complexity index is 895. The molecule has 116 valence electrons. The van der Waals surface area contributed by atoms with E-state index >= 15 is 0 Å². The predicted octanol–water partition coefficient (Wildman–Crippen LogP) is 3.97. The fourth-order valence-electron chi connectivity index (χ4n) is 3.02. The second-order valence-corrected chi connectivity index (χ2v) is 6.61. The first-order valence-electron chi connectivity index (χ1n) is 7.50. The number of aromatic nitrogens is 1. The van der Waals surface area contributed by atoms with Crippen LogP contribution in [0.1, 0.15) is 16.1 Å². The Morgan fingerprint density at radius 2 is 2.26 bits per heavy atom. The second kappa shape index (κ2) is 5.66. The van der Waals surface area contributed by atoms with Gasteiger partial charge in [0.2, 0.25) is 5.91 Å². The Morgan fingerprint density at radius 1 is 1.35 bits per heavy atom. The van der Waals surface area contributed by atoms with Gasteiger partial charge in [-0.2, -0.15) is 0 Å². The van der Waals surface area contributed by atoms with Crippen molar-refractivity contribution in [1.82, 2.24) is 9.88 Å². The average molecular weight is 326 g/mol. The Balaban J connectivity index is 1.59. The monoisotopic (exact) mass is 326 g/mol. The molecule has 0 atom stereocenters. The molecule has 1 N–H and O–H groups in total. The zero-order chi connectivity index (χ0) is 15.8. The summed E-state index contributed by atoms with van der Waals surface area (Å²) >= 11 is 1.60. The van der Waals surface area contributed by atoms with E-state index in [1.807, 2.05) is 28.5 Å².